The fourth-order valence-electron chi connectivity index (χ4n) is 1.90. The first-order valence-electron chi connectivity index (χ1n) is 7.11. The fraction of sp³-hybridized carbons (Fsp3) is 0.533. The van der Waals surface area contributed by atoms with Crippen LogP contribution in [0, 0.1) is 0 Å². The van der Waals surface area contributed by atoms with Crippen molar-refractivity contribution in [1.29, 1.82) is 0 Å². The van der Waals surface area contributed by atoms with Crippen LogP contribution in [0.2, 0.25) is 0 Å². The van der Waals surface area contributed by atoms with Crippen LogP contribution in [0.3, 0.4) is 0 Å². The second-order valence-corrected chi connectivity index (χ2v) is 4.73. The number of guanidine groups is 1. The maximum atomic E-state index is 12.1. The van der Waals surface area contributed by atoms with Crippen molar-refractivity contribution in [2.45, 2.75) is 19.0 Å². The molecule has 0 saturated carbocycles. The van der Waals surface area contributed by atoms with Gasteiger partial charge in [0.05, 0.1) is 20.6 Å². The predicted octanol–water partition coefficient (Wildman–Crippen LogP) is 2.98. The van der Waals surface area contributed by atoms with Crippen LogP contribution in [0.4, 0.5) is 13.2 Å². The number of nitrogens with zero attached hydrogens (tertiary/aromatic N) is 1. The van der Waals surface area contributed by atoms with E-state index in [0.29, 0.717) is 30.4 Å². The fourth-order valence-corrected chi connectivity index (χ4v) is 1.90. The normalized spacial score (nSPS) is 11.5. The van der Waals surface area contributed by atoms with Gasteiger partial charge < -0.3 is 20.1 Å². The number of rotatable bonds is 7. The SMILES string of the molecule is CN=C(NCCc1ccc(OC)c(OC)c1)NCCC(F)(F)F.I. The van der Waals surface area contributed by atoms with Gasteiger partial charge >= 0.3 is 6.18 Å². The molecule has 5 nitrogen and oxygen atoms in total. The summed E-state index contributed by atoms with van der Waals surface area (Å²) >= 11 is 0. The topological polar surface area (TPSA) is 54.9 Å². The highest BCUT2D eigenvalue weighted by Crippen LogP contribution is 2.27. The van der Waals surface area contributed by atoms with Crippen LogP contribution in [0.25, 0.3) is 0 Å². The van der Waals surface area contributed by atoms with E-state index in [-0.39, 0.29) is 30.5 Å². The molecule has 24 heavy (non-hydrogen) atoms. The number of benzene rings is 1. The largest absolute Gasteiger partial charge is 0.493 e. The summed E-state index contributed by atoms with van der Waals surface area (Å²) in [6.07, 6.45) is -4.41. The van der Waals surface area contributed by atoms with Crippen molar-refractivity contribution in [3.63, 3.8) is 0 Å². The Kier molecular flexibility index (Phi) is 10.6. The Morgan fingerprint density at radius 2 is 1.71 bits per heavy atom. The van der Waals surface area contributed by atoms with Crippen molar-refractivity contribution in [1.82, 2.24) is 10.6 Å². The van der Waals surface area contributed by atoms with Gasteiger partial charge in [0.2, 0.25) is 0 Å². The number of ether oxygens (including phenoxy) is 2. The number of halogens is 4. The Bertz CT molecular complexity index is 525. The standard InChI is InChI=1S/C15H22F3N3O2.HI/c1-19-14(21-9-7-15(16,17)18)20-8-6-11-4-5-12(22-2)13(10-11)23-3;/h4-5,10H,6-9H2,1-3H3,(H2,19,20,21);1H. The van der Waals surface area contributed by atoms with Gasteiger partial charge in [-0.25, -0.2) is 0 Å². The molecule has 0 aliphatic carbocycles. The lowest BCUT2D eigenvalue weighted by Crippen LogP contribution is -2.39. The minimum atomic E-state index is -4.18. The van der Waals surface area contributed by atoms with Crippen LogP contribution in [0.5, 0.6) is 11.5 Å². The van der Waals surface area contributed by atoms with Crippen LogP contribution >= 0.6 is 24.0 Å². The predicted molar refractivity (Wildman–Crippen MR) is 98.7 cm³/mol. The Labute approximate surface area is 157 Å². The van der Waals surface area contributed by atoms with E-state index in [0.717, 1.165) is 5.56 Å². The first kappa shape index (κ1) is 22.6. The summed E-state index contributed by atoms with van der Waals surface area (Å²) in [5.41, 5.74) is 1.01. The Morgan fingerprint density at radius 1 is 1.08 bits per heavy atom. The summed E-state index contributed by atoms with van der Waals surface area (Å²) in [6.45, 7) is 0.320. The van der Waals surface area contributed by atoms with Crippen LogP contribution < -0.4 is 20.1 Å². The summed E-state index contributed by atoms with van der Waals surface area (Å²) < 4.78 is 46.7. The van der Waals surface area contributed by atoms with Gasteiger partial charge in [0.1, 0.15) is 0 Å². The van der Waals surface area contributed by atoms with Gasteiger partial charge in [-0.15, -0.1) is 24.0 Å². The van der Waals surface area contributed by atoms with E-state index in [2.05, 4.69) is 15.6 Å². The molecule has 0 unspecified atom stereocenters. The average molecular weight is 461 g/mol. The molecular weight excluding hydrogens is 438 g/mol. The molecule has 0 aliphatic heterocycles. The maximum Gasteiger partial charge on any atom is 0.390 e. The zero-order valence-corrected chi connectivity index (χ0v) is 16.2. The minimum Gasteiger partial charge on any atom is -0.493 e. The average Bonchev–Trinajstić information content (AvgIpc) is 2.52. The van der Waals surface area contributed by atoms with Gasteiger partial charge in [0.25, 0.3) is 0 Å². The van der Waals surface area contributed by atoms with E-state index in [1.807, 2.05) is 18.2 Å². The number of aliphatic imine (C=N–C) groups is 1. The van der Waals surface area contributed by atoms with E-state index in [1.165, 1.54) is 7.05 Å². The zero-order valence-electron chi connectivity index (χ0n) is 13.9. The summed E-state index contributed by atoms with van der Waals surface area (Å²) in [7, 11) is 4.64. The number of alkyl halides is 3. The molecular formula is C15H23F3IN3O2. The highest BCUT2D eigenvalue weighted by atomic mass is 127. The number of hydrogen-bond acceptors (Lipinski definition) is 3. The Morgan fingerprint density at radius 3 is 2.25 bits per heavy atom. The van der Waals surface area contributed by atoms with Crippen molar-refractivity contribution in [3.8, 4) is 11.5 Å². The van der Waals surface area contributed by atoms with Crippen LogP contribution in [0.15, 0.2) is 23.2 Å². The summed E-state index contributed by atoms with van der Waals surface area (Å²) in [6, 6.07) is 5.58. The second-order valence-electron chi connectivity index (χ2n) is 4.73. The highest BCUT2D eigenvalue weighted by Gasteiger charge is 2.26. The van der Waals surface area contributed by atoms with Crippen LogP contribution in [-0.2, 0) is 6.42 Å². The van der Waals surface area contributed by atoms with Crippen molar-refractivity contribution in [3.05, 3.63) is 23.8 Å². The third kappa shape index (κ3) is 8.46. The summed E-state index contributed by atoms with van der Waals surface area (Å²) in [5.74, 6) is 1.63. The molecule has 0 aliphatic rings. The molecule has 138 valence electrons. The van der Waals surface area contributed by atoms with Gasteiger partial charge in [-0.05, 0) is 24.1 Å². The zero-order chi connectivity index (χ0) is 17.3. The molecule has 0 spiro atoms. The number of hydrogen-bond donors (Lipinski definition) is 2. The summed E-state index contributed by atoms with van der Waals surface area (Å²) in [5, 5.41) is 5.60. The smallest absolute Gasteiger partial charge is 0.390 e. The van der Waals surface area contributed by atoms with E-state index >= 15 is 0 Å². The van der Waals surface area contributed by atoms with Crippen molar-refractivity contribution < 1.29 is 22.6 Å². The van der Waals surface area contributed by atoms with E-state index in [4.69, 9.17) is 9.47 Å². The maximum absolute atomic E-state index is 12.1. The van der Waals surface area contributed by atoms with Gasteiger partial charge in [0.15, 0.2) is 17.5 Å². The van der Waals surface area contributed by atoms with E-state index in [1.54, 1.807) is 14.2 Å². The lowest BCUT2D eigenvalue weighted by Gasteiger charge is -2.13. The molecule has 9 heteroatoms. The van der Waals surface area contributed by atoms with Gasteiger partial charge in [-0.3, -0.25) is 4.99 Å². The second kappa shape index (κ2) is 11.2. The minimum absolute atomic E-state index is 0. The molecule has 0 fully saturated rings. The third-order valence-electron chi connectivity index (χ3n) is 3.08. The van der Waals surface area contributed by atoms with Gasteiger partial charge in [0, 0.05) is 20.1 Å². The molecule has 0 bridgehead atoms. The number of methoxy groups -OCH3 is 2. The lowest BCUT2D eigenvalue weighted by atomic mass is 10.1. The van der Waals surface area contributed by atoms with Crippen LogP contribution in [-0.4, -0.2) is 46.5 Å². The Balaban J connectivity index is 0.00000529. The molecule has 1 aromatic carbocycles. The lowest BCUT2D eigenvalue weighted by molar-refractivity contribution is -0.132. The molecule has 0 radical (unpaired) electrons. The molecule has 2 N–H and O–H groups in total. The van der Waals surface area contributed by atoms with E-state index < -0.39 is 12.6 Å². The highest BCUT2D eigenvalue weighted by molar-refractivity contribution is 14.0. The molecule has 1 rings (SSSR count). The first-order valence-corrected chi connectivity index (χ1v) is 7.11. The van der Waals surface area contributed by atoms with Gasteiger partial charge in [-0.2, -0.15) is 13.2 Å². The molecule has 0 aromatic heterocycles. The van der Waals surface area contributed by atoms with Gasteiger partial charge in [-0.1, -0.05) is 6.07 Å². The summed E-state index contributed by atoms with van der Waals surface area (Å²) in [4.78, 5) is 3.88. The molecule has 0 saturated heterocycles. The monoisotopic (exact) mass is 461 g/mol. The van der Waals surface area contributed by atoms with Crippen molar-refractivity contribution in [2.24, 2.45) is 4.99 Å². The molecule has 0 amide bonds. The first-order chi connectivity index (χ1) is 10.9. The van der Waals surface area contributed by atoms with Crippen LogP contribution in [0.1, 0.15) is 12.0 Å². The third-order valence-corrected chi connectivity index (χ3v) is 3.08. The molecule has 0 heterocycles. The quantitative estimate of drug-likeness (QED) is 0.373. The number of nitrogens with one attached hydrogen (secondary N) is 2. The Hall–Kier alpha value is -1.39. The van der Waals surface area contributed by atoms with E-state index in [9.17, 15) is 13.2 Å². The molecule has 0 atom stereocenters. The van der Waals surface area contributed by atoms with Crippen molar-refractivity contribution in [2.75, 3.05) is 34.4 Å². The van der Waals surface area contributed by atoms with Crippen molar-refractivity contribution >= 4 is 29.9 Å². The molecule has 1 aromatic rings.